The Hall–Kier alpha value is -1.07. The molecule has 102 valence electrons. The summed E-state index contributed by atoms with van der Waals surface area (Å²) in [5.41, 5.74) is 1.25. The van der Waals surface area contributed by atoms with Gasteiger partial charge in [-0.2, -0.15) is 0 Å². The van der Waals surface area contributed by atoms with Crippen molar-refractivity contribution >= 4 is 67.2 Å². The molecule has 0 aliphatic carbocycles. The van der Waals surface area contributed by atoms with Crippen LogP contribution in [0.4, 0.5) is 15.2 Å². The van der Waals surface area contributed by atoms with E-state index < -0.39 is 5.82 Å². The van der Waals surface area contributed by atoms with Crippen LogP contribution in [0.15, 0.2) is 30.3 Å². The third-order valence-electron chi connectivity index (χ3n) is 2.59. The van der Waals surface area contributed by atoms with Crippen LogP contribution >= 0.6 is 46.1 Å². The van der Waals surface area contributed by atoms with Gasteiger partial charge in [-0.05, 0) is 30.3 Å². The Morgan fingerprint density at radius 3 is 2.45 bits per heavy atom. The molecule has 3 aromatic rings. The number of nitrogens with one attached hydrogen (secondary N) is 1. The highest BCUT2D eigenvalue weighted by Crippen LogP contribution is 2.36. The Morgan fingerprint density at radius 2 is 1.75 bits per heavy atom. The maximum Gasteiger partial charge on any atom is 0.188 e. The van der Waals surface area contributed by atoms with E-state index in [9.17, 15) is 4.39 Å². The number of fused-ring (bicyclic) bond motifs is 1. The standard InChI is InChI=1S/C13H6Cl3FN2S/c14-6-1-2-10-11(3-6)20-13(18-10)19-12-8(15)4-7(17)5-9(12)16/h1-5H,(H,18,19). The summed E-state index contributed by atoms with van der Waals surface area (Å²) < 4.78 is 14.1. The molecule has 0 radical (unpaired) electrons. The lowest BCUT2D eigenvalue weighted by Gasteiger charge is -2.07. The SMILES string of the molecule is Fc1cc(Cl)c(Nc2nc3ccc(Cl)cc3s2)c(Cl)c1. The zero-order valence-electron chi connectivity index (χ0n) is 9.75. The average molecular weight is 348 g/mol. The van der Waals surface area contributed by atoms with Gasteiger partial charge in [0.1, 0.15) is 5.82 Å². The number of halogens is 4. The van der Waals surface area contributed by atoms with Gasteiger partial charge in [0.2, 0.25) is 0 Å². The first-order valence-corrected chi connectivity index (χ1v) is 7.45. The van der Waals surface area contributed by atoms with E-state index in [1.807, 2.05) is 12.1 Å². The van der Waals surface area contributed by atoms with Crippen molar-refractivity contribution in [3.63, 3.8) is 0 Å². The molecular formula is C13H6Cl3FN2S. The summed E-state index contributed by atoms with van der Waals surface area (Å²) in [5, 5.41) is 4.67. The van der Waals surface area contributed by atoms with Crippen molar-refractivity contribution in [2.75, 3.05) is 5.32 Å². The fourth-order valence-electron chi connectivity index (χ4n) is 1.72. The van der Waals surface area contributed by atoms with Gasteiger partial charge in [0, 0.05) is 5.02 Å². The fourth-order valence-corrected chi connectivity index (χ4v) is 3.42. The van der Waals surface area contributed by atoms with Gasteiger partial charge in [0.05, 0.1) is 25.9 Å². The molecule has 0 aliphatic rings. The second kappa shape index (κ2) is 5.37. The van der Waals surface area contributed by atoms with E-state index in [1.165, 1.54) is 23.5 Å². The molecule has 0 bridgehead atoms. The molecule has 2 nitrogen and oxygen atoms in total. The lowest BCUT2D eigenvalue weighted by Crippen LogP contribution is -1.92. The first-order chi connectivity index (χ1) is 9.52. The highest BCUT2D eigenvalue weighted by atomic mass is 35.5. The normalized spacial score (nSPS) is 11.0. The first kappa shape index (κ1) is 13.9. The van der Waals surface area contributed by atoms with Gasteiger partial charge >= 0.3 is 0 Å². The van der Waals surface area contributed by atoms with Gasteiger partial charge in [-0.15, -0.1) is 0 Å². The molecule has 0 aliphatic heterocycles. The van der Waals surface area contributed by atoms with Crippen molar-refractivity contribution in [2.24, 2.45) is 0 Å². The van der Waals surface area contributed by atoms with Crippen molar-refractivity contribution < 1.29 is 4.39 Å². The first-order valence-electron chi connectivity index (χ1n) is 5.50. The zero-order chi connectivity index (χ0) is 14.3. The minimum absolute atomic E-state index is 0.201. The minimum atomic E-state index is -0.485. The molecule has 1 N–H and O–H groups in total. The van der Waals surface area contributed by atoms with Crippen LogP contribution in [-0.2, 0) is 0 Å². The van der Waals surface area contributed by atoms with Crippen molar-refractivity contribution in [1.29, 1.82) is 0 Å². The molecule has 0 unspecified atom stereocenters. The number of rotatable bonds is 2. The molecule has 20 heavy (non-hydrogen) atoms. The summed E-state index contributed by atoms with van der Waals surface area (Å²) in [5.74, 6) is -0.485. The molecular weight excluding hydrogens is 342 g/mol. The Morgan fingerprint density at radius 1 is 1.05 bits per heavy atom. The maximum atomic E-state index is 13.1. The zero-order valence-corrected chi connectivity index (χ0v) is 12.8. The number of benzene rings is 2. The lowest BCUT2D eigenvalue weighted by molar-refractivity contribution is 0.628. The third-order valence-corrected chi connectivity index (χ3v) is 4.35. The summed E-state index contributed by atoms with van der Waals surface area (Å²) in [4.78, 5) is 4.39. The Bertz CT molecular complexity index is 780. The quantitative estimate of drug-likeness (QED) is 0.602. The molecule has 0 atom stereocenters. The van der Waals surface area contributed by atoms with E-state index in [1.54, 1.807) is 6.07 Å². The minimum Gasteiger partial charge on any atom is -0.329 e. The summed E-state index contributed by atoms with van der Waals surface area (Å²) in [6.45, 7) is 0. The maximum absolute atomic E-state index is 13.1. The van der Waals surface area contributed by atoms with Crippen LogP contribution in [0.3, 0.4) is 0 Å². The van der Waals surface area contributed by atoms with E-state index in [2.05, 4.69) is 10.3 Å². The molecule has 7 heteroatoms. The molecule has 1 heterocycles. The van der Waals surface area contributed by atoms with Crippen LogP contribution in [0.25, 0.3) is 10.2 Å². The van der Waals surface area contributed by atoms with E-state index in [-0.39, 0.29) is 10.0 Å². The van der Waals surface area contributed by atoms with E-state index >= 15 is 0 Å². The Kier molecular flexibility index (Phi) is 3.73. The van der Waals surface area contributed by atoms with E-state index in [4.69, 9.17) is 34.8 Å². The molecule has 0 saturated carbocycles. The van der Waals surface area contributed by atoms with Crippen molar-refractivity contribution in [1.82, 2.24) is 4.98 Å². The molecule has 0 spiro atoms. The van der Waals surface area contributed by atoms with Crippen molar-refractivity contribution in [3.8, 4) is 0 Å². The number of aromatic nitrogens is 1. The smallest absolute Gasteiger partial charge is 0.188 e. The largest absolute Gasteiger partial charge is 0.329 e. The second-order valence-electron chi connectivity index (χ2n) is 4.00. The van der Waals surface area contributed by atoms with Crippen LogP contribution in [0.1, 0.15) is 0 Å². The van der Waals surface area contributed by atoms with Crippen LogP contribution in [0.5, 0.6) is 0 Å². The van der Waals surface area contributed by atoms with Gasteiger partial charge in [-0.3, -0.25) is 0 Å². The second-order valence-corrected chi connectivity index (χ2v) is 6.28. The lowest BCUT2D eigenvalue weighted by atomic mass is 10.3. The van der Waals surface area contributed by atoms with E-state index in [0.29, 0.717) is 15.8 Å². The highest BCUT2D eigenvalue weighted by molar-refractivity contribution is 7.22. The molecule has 0 saturated heterocycles. The predicted octanol–water partition coefficient (Wildman–Crippen LogP) is 6.14. The average Bonchev–Trinajstić information content (AvgIpc) is 2.75. The number of hydrogen-bond donors (Lipinski definition) is 1. The molecule has 0 amide bonds. The number of thiazole rings is 1. The molecule has 3 rings (SSSR count). The molecule has 2 aromatic carbocycles. The fraction of sp³-hybridized carbons (Fsp3) is 0. The number of hydrogen-bond acceptors (Lipinski definition) is 3. The third kappa shape index (κ3) is 2.69. The van der Waals surface area contributed by atoms with Crippen LogP contribution in [0, 0.1) is 5.82 Å². The number of anilines is 2. The summed E-state index contributed by atoms with van der Waals surface area (Å²) in [7, 11) is 0. The summed E-state index contributed by atoms with van der Waals surface area (Å²) in [6, 6.07) is 7.81. The van der Waals surface area contributed by atoms with Gasteiger partial charge < -0.3 is 5.32 Å². The predicted molar refractivity (Wildman–Crippen MR) is 84.3 cm³/mol. The Balaban J connectivity index is 2.01. The van der Waals surface area contributed by atoms with Gasteiger partial charge in [-0.1, -0.05) is 46.1 Å². The van der Waals surface area contributed by atoms with Crippen LogP contribution in [-0.4, -0.2) is 4.98 Å². The van der Waals surface area contributed by atoms with Crippen molar-refractivity contribution in [2.45, 2.75) is 0 Å². The van der Waals surface area contributed by atoms with E-state index in [0.717, 1.165) is 10.2 Å². The topological polar surface area (TPSA) is 24.9 Å². The number of nitrogens with zero attached hydrogens (tertiary/aromatic N) is 1. The molecule has 1 aromatic heterocycles. The van der Waals surface area contributed by atoms with Crippen LogP contribution in [0.2, 0.25) is 15.1 Å². The van der Waals surface area contributed by atoms with Gasteiger partial charge in [0.25, 0.3) is 0 Å². The molecule has 0 fully saturated rings. The highest BCUT2D eigenvalue weighted by Gasteiger charge is 2.11. The Labute approximate surface area is 133 Å². The van der Waals surface area contributed by atoms with Gasteiger partial charge in [0.15, 0.2) is 5.13 Å². The van der Waals surface area contributed by atoms with Crippen molar-refractivity contribution in [3.05, 3.63) is 51.2 Å². The summed E-state index contributed by atoms with van der Waals surface area (Å²) in [6.07, 6.45) is 0. The monoisotopic (exact) mass is 346 g/mol. The summed E-state index contributed by atoms with van der Waals surface area (Å²) >= 11 is 19.3. The van der Waals surface area contributed by atoms with Crippen LogP contribution < -0.4 is 5.32 Å². The van der Waals surface area contributed by atoms with Gasteiger partial charge in [-0.25, -0.2) is 9.37 Å².